The van der Waals surface area contributed by atoms with Crippen LogP contribution in [0.1, 0.15) is 23.4 Å². The largest absolute Gasteiger partial charge is 0.287 e. The molecule has 0 aliphatic carbocycles. The first-order valence-electron chi connectivity index (χ1n) is 7.91. The molecule has 0 saturated carbocycles. The van der Waals surface area contributed by atoms with Crippen LogP contribution in [-0.2, 0) is 0 Å². The van der Waals surface area contributed by atoms with Crippen molar-refractivity contribution in [3.8, 4) is 17.2 Å². The van der Waals surface area contributed by atoms with Gasteiger partial charge < -0.3 is 0 Å². The van der Waals surface area contributed by atoms with Crippen molar-refractivity contribution in [1.29, 1.82) is 5.26 Å². The average Bonchev–Trinajstić information content (AvgIpc) is 3.00. The highest BCUT2D eigenvalue weighted by Crippen LogP contribution is 2.33. The number of halogens is 4. The average molecular weight is 404 g/mol. The van der Waals surface area contributed by atoms with E-state index in [4.69, 9.17) is 11.6 Å². The van der Waals surface area contributed by atoms with Crippen LogP contribution in [0.25, 0.3) is 27.7 Å². The topological polar surface area (TPSA) is 86.8 Å². The van der Waals surface area contributed by atoms with Crippen molar-refractivity contribution in [2.45, 2.75) is 13.3 Å². The second-order valence-corrected chi connectivity index (χ2v) is 6.40. The van der Waals surface area contributed by atoms with E-state index in [0.717, 1.165) is 10.6 Å². The Bertz CT molecular complexity index is 1370. The van der Waals surface area contributed by atoms with Gasteiger partial charge in [-0.1, -0.05) is 11.6 Å². The first kappa shape index (κ1) is 18.0. The molecule has 28 heavy (non-hydrogen) atoms. The van der Waals surface area contributed by atoms with Gasteiger partial charge in [0, 0.05) is 23.2 Å². The van der Waals surface area contributed by atoms with Gasteiger partial charge in [-0.25, -0.2) is 18.2 Å². The molecule has 0 bridgehead atoms. The van der Waals surface area contributed by atoms with Crippen molar-refractivity contribution in [2.75, 3.05) is 0 Å². The van der Waals surface area contributed by atoms with Crippen LogP contribution in [0.4, 0.5) is 13.2 Å². The predicted molar refractivity (Wildman–Crippen MR) is 95.9 cm³/mol. The highest BCUT2D eigenvalue weighted by Gasteiger charge is 2.24. The van der Waals surface area contributed by atoms with Gasteiger partial charge in [-0.15, -0.1) is 0 Å². The lowest BCUT2D eigenvalue weighted by atomic mass is 10.0. The van der Waals surface area contributed by atoms with Gasteiger partial charge in [0.05, 0.1) is 21.8 Å². The molecular weight excluding hydrogens is 395 g/mol. The highest BCUT2D eigenvalue weighted by atomic mass is 35.5. The molecule has 6 nitrogen and oxygen atoms in total. The molecule has 0 saturated heterocycles. The lowest BCUT2D eigenvalue weighted by Gasteiger charge is -2.10. The quantitative estimate of drug-likeness (QED) is 0.544. The highest BCUT2D eigenvalue weighted by molar-refractivity contribution is 6.36. The van der Waals surface area contributed by atoms with Crippen LogP contribution in [0.5, 0.6) is 0 Å². The zero-order chi connectivity index (χ0) is 20.2. The van der Waals surface area contributed by atoms with E-state index in [9.17, 15) is 23.2 Å². The number of nitrogens with one attached hydrogen (secondary N) is 1. The molecule has 1 aromatic carbocycles. The van der Waals surface area contributed by atoms with Crippen LogP contribution in [0.3, 0.4) is 0 Å². The Kier molecular flexibility index (Phi) is 4.08. The first-order valence-corrected chi connectivity index (χ1v) is 8.29. The first-order chi connectivity index (χ1) is 13.3. The second kappa shape index (κ2) is 6.35. The number of rotatable bonds is 2. The molecule has 3 heterocycles. The Morgan fingerprint density at radius 2 is 2.11 bits per heavy atom. The van der Waals surface area contributed by atoms with Crippen LogP contribution >= 0.6 is 11.6 Å². The van der Waals surface area contributed by atoms with Gasteiger partial charge in [0.1, 0.15) is 23.1 Å². The molecule has 0 fully saturated rings. The SMILES string of the molecule is Cc1nc2c(C#N)c(C(F)F)[nH]n2c(=O)c1-c1ccnc2cc(F)cc(Cl)c12. The standard InChI is InChI=1S/C18H9ClF3N5O/c1-7-13(9-2-3-24-12-5-8(20)4-11(19)14(9)12)18(28)27-17(25-7)10(6-23)15(26-27)16(21)22/h2-5,16,26H,1H3. The van der Waals surface area contributed by atoms with Gasteiger partial charge in [-0.2, -0.15) is 9.78 Å². The Labute approximate surface area is 159 Å². The number of H-pyrrole nitrogens is 1. The van der Waals surface area contributed by atoms with Crippen molar-refractivity contribution in [3.05, 3.63) is 62.5 Å². The normalized spacial score (nSPS) is 11.5. The molecule has 0 unspecified atom stereocenters. The Hall–Kier alpha value is -3.38. The van der Waals surface area contributed by atoms with Crippen LogP contribution in [-0.4, -0.2) is 19.6 Å². The maximum atomic E-state index is 13.7. The summed E-state index contributed by atoms with van der Waals surface area (Å²) in [5.41, 5.74) is -1.16. The van der Waals surface area contributed by atoms with Crippen LogP contribution in [0, 0.1) is 24.1 Å². The van der Waals surface area contributed by atoms with Crippen molar-refractivity contribution < 1.29 is 13.2 Å². The third-order valence-electron chi connectivity index (χ3n) is 4.35. The molecule has 0 spiro atoms. The molecule has 4 rings (SSSR count). The van der Waals surface area contributed by atoms with Gasteiger partial charge in [-0.05, 0) is 19.1 Å². The van der Waals surface area contributed by atoms with E-state index in [0.29, 0.717) is 10.9 Å². The molecule has 0 aliphatic heterocycles. The second-order valence-electron chi connectivity index (χ2n) is 5.99. The Morgan fingerprint density at radius 3 is 2.79 bits per heavy atom. The number of alkyl halides is 2. The van der Waals surface area contributed by atoms with Gasteiger partial charge in [0.25, 0.3) is 12.0 Å². The van der Waals surface area contributed by atoms with Gasteiger partial charge in [0.15, 0.2) is 5.65 Å². The van der Waals surface area contributed by atoms with E-state index >= 15 is 0 Å². The third-order valence-corrected chi connectivity index (χ3v) is 4.65. The fourth-order valence-corrected chi connectivity index (χ4v) is 3.49. The van der Waals surface area contributed by atoms with Crippen LogP contribution in [0.2, 0.25) is 5.02 Å². The van der Waals surface area contributed by atoms with Gasteiger partial charge in [0.2, 0.25) is 0 Å². The molecule has 3 aromatic heterocycles. The summed E-state index contributed by atoms with van der Waals surface area (Å²) in [7, 11) is 0. The summed E-state index contributed by atoms with van der Waals surface area (Å²) >= 11 is 6.17. The fourth-order valence-electron chi connectivity index (χ4n) is 3.19. The van der Waals surface area contributed by atoms with Crippen molar-refractivity contribution >= 4 is 28.2 Å². The zero-order valence-electron chi connectivity index (χ0n) is 14.1. The number of hydrogen-bond acceptors (Lipinski definition) is 4. The number of nitrogens with zero attached hydrogens (tertiary/aromatic N) is 4. The fraction of sp³-hybridized carbons (Fsp3) is 0.111. The maximum absolute atomic E-state index is 13.7. The van der Waals surface area contributed by atoms with E-state index in [2.05, 4.69) is 15.1 Å². The maximum Gasteiger partial charge on any atom is 0.281 e. The lowest BCUT2D eigenvalue weighted by Crippen LogP contribution is -2.19. The summed E-state index contributed by atoms with van der Waals surface area (Å²) in [6, 6.07) is 5.41. The number of aryl methyl sites for hydroxylation is 1. The Morgan fingerprint density at radius 1 is 1.36 bits per heavy atom. The molecule has 4 aromatic rings. The molecule has 10 heteroatoms. The van der Waals surface area contributed by atoms with E-state index in [1.165, 1.54) is 25.3 Å². The molecule has 0 atom stereocenters. The predicted octanol–water partition coefficient (Wildman–Crippen LogP) is 4.15. The molecule has 0 amide bonds. The summed E-state index contributed by atoms with van der Waals surface area (Å²) in [4.78, 5) is 21.3. The molecular formula is C18H9ClF3N5O. The number of aromatic nitrogens is 4. The van der Waals surface area contributed by atoms with Crippen LogP contribution in [0.15, 0.2) is 29.2 Å². The van der Waals surface area contributed by atoms with Gasteiger partial charge >= 0.3 is 0 Å². The molecule has 0 aliphatic rings. The van der Waals surface area contributed by atoms with E-state index in [1.54, 1.807) is 6.07 Å². The molecule has 0 radical (unpaired) electrons. The number of aromatic amines is 1. The molecule has 1 N–H and O–H groups in total. The van der Waals surface area contributed by atoms with Crippen molar-refractivity contribution in [3.63, 3.8) is 0 Å². The zero-order valence-corrected chi connectivity index (χ0v) is 14.9. The number of hydrogen-bond donors (Lipinski definition) is 1. The minimum atomic E-state index is -2.99. The van der Waals surface area contributed by atoms with Crippen LogP contribution < -0.4 is 5.56 Å². The van der Waals surface area contributed by atoms with Gasteiger partial charge in [-0.3, -0.25) is 14.9 Å². The third kappa shape index (κ3) is 2.53. The number of benzene rings is 1. The number of nitriles is 1. The van der Waals surface area contributed by atoms with E-state index in [-0.39, 0.29) is 27.4 Å². The number of fused-ring (bicyclic) bond motifs is 2. The van der Waals surface area contributed by atoms with Crippen molar-refractivity contribution in [1.82, 2.24) is 19.6 Å². The molecule has 140 valence electrons. The van der Waals surface area contributed by atoms with E-state index in [1.807, 2.05) is 0 Å². The summed E-state index contributed by atoms with van der Waals surface area (Å²) < 4.78 is 40.9. The van der Waals surface area contributed by atoms with E-state index < -0.39 is 29.1 Å². The summed E-state index contributed by atoms with van der Waals surface area (Å²) in [6.45, 7) is 1.51. The summed E-state index contributed by atoms with van der Waals surface area (Å²) in [5, 5.41) is 11.8. The van der Waals surface area contributed by atoms with Crippen molar-refractivity contribution in [2.24, 2.45) is 0 Å². The summed E-state index contributed by atoms with van der Waals surface area (Å²) in [6.07, 6.45) is -1.61. The smallest absolute Gasteiger partial charge is 0.281 e. The Balaban J connectivity index is 2.14. The minimum absolute atomic E-state index is 0.0412. The summed E-state index contributed by atoms with van der Waals surface area (Å²) in [5.74, 6) is -0.589. The lowest BCUT2D eigenvalue weighted by molar-refractivity contribution is 0.145. The minimum Gasteiger partial charge on any atom is -0.287 e. The number of pyridine rings is 1. The monoisotopic (exact) mass is 403 g/mol.